The summed E-state index contributed by atoms with van der Waals surface area (Å²) < 4.78 is 8.92. The van der Waals surface area contributed by atoms with Gasteiger partial charge in [-0.1, -0.05) is 146 Å². The van der Waals surface area contributed by atoms with Gasteiger partial charge < -0.3 is 4.42 Å². The molecule has 0 bridgehead atoms. The lowest BCUT2D eigenvalue weighted by Gasteiger charge is -2.11. The molecule has 0 aliphatic rings. The van der Waals surface area contributed by atoms with Crippen molar-refractivity contribution in [2.45, 2.75) is 0 Å². The topological polar surface area (TPSA) is 51.8 Å². The summed E-state index contributed by atoms with van der Waals surface area (Å²) >= 11 is 1.79. The highest BCUT2D eigenvalue weighted by molar-refractivity contribution is 7.25. The van der Waals surface area contributed by atoms with Crippen molar-refractivity contribution in [2.24, 2.45) is 0 Å². The molecular weight excluding hydrogens is 703 g/mol. The van der Waals surface area contributed by atoms with Gasteiger partial charge in [-0.15, -0.1) is 11.3 Å². The highest BCUT2D eigenvalue weighted by Crippen LogP contribution is 2.42. The predicted molar refractivity (Wildman–Crippen MR) is 233 cm³/mol. The molecular formula is C51H31N3OS. The molecule has 262 valence electrons. The largest absolute Gasteiger partial charge is 0.456 e. The molecule has 8 aromatic carbocycles. The standard InChI is InChI=1S/C51H31N3OS/c1-3-13-32(14-4-1)34-17-9-18-35(29-34)36-27-28-43-42(31-36)47-39(22-11-24-44(47)55-43)37-19-10-20-38(30-37)50-52-49(33-15-5-2-6-16-33)53-51(54-50)41-23-12-26-46-48(41)40-21-7-8-25-45(40)56-46/h1-31H. The van der Waals surface area contributed by atoms with Crippen LogP contribution in [-0.2, 0) is 0 Å². The molecule has 0 atom stereocenters. The van der Waals surface area contributed by atoms with Gasteiger partial charge in [0.15, 0.2) is 17.5 Å². The van der Waals surface area contributed by atoms with Crippen LogP contribution < -0.4 is 0 Å². The minimum Gasteiger partial charge on any atom is -0.456 e. The lowest BCUT2D eigenvalue weighted by Crippen LogP contribution is -2.00. The van der Waals surface area contributed by atoms with Crippen LogP contribution in [0.4, 0.5) is 0 Å². The lowest BCUT2D eigenvalue weighted by molar-refractivity contribution is 0.669. The smallest absolute Gasteiger partial charge is 0.164 e. The molecule has 56 heavy (non-hydrogen) atoms. The van der Waals surface area contributed by atoms with Crippen molar-refractivity contribution in [3.63, 3.8) is 0 Å². The molecule has 0 fully saturated rings. The number of fused-ring (bicyclic) bond motifs is 6. The van der Waals surface area contributed by atoms with Crippen molar-refractivity contribution >= 4 is 53.4 Å². The summed E-state index contributed by atoms with van der Waals surface area (Å²) in [5.41, 5.74) is 11.4. The number of rotatable bonds is 6. The highest BCUT2D eigenvalue weighted by atomic mass is 32.1. The van der Waals surface area contributed by atoms with E-state index in [0.29, 0.717) is 17.5 Å². The van der Waals surface area contributed by atoms with Gasteiger partial charge in [-0.05, 0) is 75.8 Å². The van der Waals surface area contributed by atoms with Crippen LogP contribution in [0.5, 0.6) is 0 Å². The van der Waals surface area contributed by atoms with E-state index in [1.165, 1.54) is 31.3 Å². The Hall–Kier alpha value is -7.21. The predicted octanol–water partition coefficient (Wildman–Crippen LogP) is 14.1. The van der Waals surface area contributed by atoms with Crippen LogP contribution in [0.2, 0.25) is 0 Å². The summed E-state index contributed by atoms with van der Waals surface area (Å²) in [5, 5.41) is 4.54. The second kappa shape index (κ2) is 13.3. The number of aromatic nitrogens is 3. The summed E-state index contributed by atoms with van der Waals surface area (Å²) in [5.74, 6) is 1.91. The van der Waals surface area contributed by atoms with E-state index in [2.05, 4.69) is 170 Å². The fourth-order valence-corrected chi connectivity index (χ4v) is 9.02. The lowest BCUT2D eigenvalue weighted by atomic mass is 9.95. The Morgan fingerprint density at radius 1 is 0.321 bits per heavy atom. The summed E-state index contributed by atoms with van der Waals surface area (Å²) in [4.78, 5) is 15.4. The first kappa shape index (κ1) is 32.2. The Morgan fingerprint density at radius 3 is 1.73 bits per heavy atom. The molecule has 3 heterocycles. The summed E-state index contributed by atoms with van der Waals surface area (Å²) in [7, 11) is 0. The number of benzene rings is 8. The van der Waals surface area contributed by atoms with Gasteiger partial charge in [-0.3, -0.25) is 0 Å². The molecule has 0 N–H and O–H groups in total. The SMILES string of the molecule is c1ccc(-c2cccc(-c3ccc4oc5cccc(-c6cccc(-c7nc(-c8ccccc8)nc(-c8cccc9sc%10ccccc%10c89)n7)c6)c5c4c3)c2)cc1. The van der Waals surface area contributed by atoms with E-state index in [4.69, 9.17) is 19.4 Å². The second-order valence-electron chi connectivity index (χ2n) is 14.0. The quantitative estimate of drug-likeness (QED) is 0.171. The summed E-state index contributed by atoms with van der Waals surface area (Å²) in [6, 6.07) is 65.7. The van der Waals surface area contributed by atoms with E-state index in [1.54, 1.807) is 11.3 Å². The van der Waals surface area contributed by atoms with Crippen molar-refractivity contribution in [3.8, 4) is 67.5 Å². The Balaban J connectivity index is 1.06. The van der Waals surface area contributed by atoms with Gasteiger partial charge in [0.2, 0.25) is 0 Å². The third-order valence-electron chi connectivity index (χ3n) is 10.5. The summed E-state index contributed by atoms with van der Waals surface area (Å²) in [6.45, 7) is 0. The maximum absolute atomic E-state index is 6.47. The molecule has 0 radical (unpaired) electrons. The fourth-order valence-electron chi connectivity index (χ4n) is 7.88. The Labute approximate surface area is 327 Å². The average molecular weight is 734 g/mol. The minimum atomic E-state index is 0.622. The zero-order chi connectivity index (χ0) is 37.0. The van der Waals surface area contributed by atoms with Crippen molar-refractivity contribution in [1.82, 2.24) is 15.0 Å². The monoisotopic (exact) mass is 733 g/mol. The van der Waals surface area contributed by atoms with E-state index in [-0.39, 0.29) is 0 Å². The van der Waals surface area contributed by atoms with Crippen LogP contribution in [0.3, 0.4) is 0 Å². The molecule has 0 aliphatic carbocycles. The number of hydrogen-bond acceptors (Lipinski definition) is 5. The first-order valence-electron chi connectivity index (χ1n) is 18.7. The van der Waals surface area contributed by atoms with Gasteiger partial charge in [-0.2, -0.15) is 0 Å². The zero-order valence-corrected chi connectivity index (χ0v) is 30.9. The second-order valence-corrected chi connectivity index (χ2v) is 15.1. The fraction of sp³-hybridized carbons (Fsp3) is 0. The van der Waals surface area contributed by atoms with Gasteiger partial charge in [0, 0.05) is 47.6 Å². The van der Waals surface area contributed by atoms with Gasteiger partial charge in [0.25, 0.3) is 0 Å². The van der Waals surface area contributed by atoms with Crippen LogP contribution >= 0.6 is 11.3 Å². The number of hydrogen-bond donors (Lipinski definition) is 0. The molecule has 0 amide bonds. The van der Waals surface area contributed by atoms with E-state index in [0.717, 1.165) is 60.9 Å². The zero-order valence-electron chi connectivity index (χ0n) is 30.1. The van der Waals surface area contributed by atoms with Crippen molar-refractivity contribution < 1.29 is 4.42 Å². The highest BCUT2D eigenvalue weighted by Gasteiger charge is 2.19. The molecule has 11 aromatic rings. The Morgan fingerprint density at radius 2 is 0.893 bits per heavy atom. The van der Waals surface area contributed by atoms with Crippen LogP contribution in [-0.4, -0.2) is 15.0 Å². The van der Waals surface area contributed by atoms with Crippen molar-refractivity contribution in [3.05, 3.63) is 188 Å². The third kappa shape index (κ3) is 5.56. The molecule has 5 heteroatoms. The molecule has 11 rings (SSSR count). The normalized spacial score (nSPS) is 11.6. The molecule has 0 unspecified atom stereocenters. The molecule has 3 aromatic heterocycles. The first-order valence-corrected chi connectivity index (χ1v) is 19.5. The molecule has 0 aliphatic heterocycles. The molecule has 0 saturated heterocycles. The molecule has 0 spiro atoms. The van der Waals surface area contributed by atoms with Gasteiger partial charge >= 0.3 is 0 Å². The van der Waals surface area contributed by atoms with Crippen LogP contribution in [0.15, 0.2) is 192 Å². The first-order chi connectivity index (χ1) is 27.7. The number of nitrogens with zero attached hydrogens (tertiary/aromatic N) is 3. The minimum absolute atomic E-state index is 0.622. The van der Waals surface area contributed by atoms with Crippen LogP contribution in [0.25, 0.3) is 110 Å². The van der Waals surface area contributed by atoms with Crippen molar-refractivity contribution in [1.29, 1.82) is 0 Å². The average Bonchev–Trinajstić information content (AvgIpc) is 3.85. The van der Waals surface area contributed by atoms with E-state index < -0.39 is 0 Å². The Kier molecular flexibility index (Phi) is 7.64. The maximum Gasteiger partial charge on any atom is 0.164 e. The van der Waals surface area contributed by atoms with E-state index >= 15 is 0 Å². The third-order valence-corrected chi connectivity index (χ3v) is 11.7. The number of furan rings is 1. The van der Waals surface area contributed by atoms with E-state index in [9.17, 15) is 0 Å². The van der Waals surface area contributed by atoms with Gasteiger partial charge in [0.1, 0.15) is 11.2 Å². The van der Waals surface area contributed by atoms with Crippen LogP contribution in [0, 0.1) is 0 Å². The van der Waals surface area contributed by atoms with Gasteiger partial charge in [0.05, 0.1) is 0 Å². The van der Waals surface area contributed by atoms with Crippen molar-refractivity contribution in [2.75, 3.05) is 0 Å². The van der Waals surface area contributed by atoms with Crippen LogP contribution in [0.1, 0.15) is 0 Å². The number of thiophene rings is 1. The summed E-state index contributed by atoms with van der Waals surface area (Å²) in [6.07, 6.45) is 0. The molecule has 0 saturated carbocycles. The molecule has 4 nitrogen and oxygen atoms in total. The van der Waals surface area contributed by atoms with Gasteiger partial charge in [-0.25, -0.2) is 15.0 Å². The Bertz CT molecular complexity index is 3260. The van der Waals surface area contributed by atoms with E-state index in [1.807, 2.05) is 18.2 Å². The maximum atomic E-state index is 6.47.